The van der Waals surface area contributed by atoms with E-state index in [1.807, 2.05) is 12.1 Å². The summed E-state index contributed by atoms with van der Waals surface area (Å²) in [4.78, 5) is 11.7. The predicted molar refractivity (Wildman–Crippen MR) is 89.8 cm³/mol. The Bertz CT molecular complexity index is 693. The molecule has 2 rings (SSSR count). The number of methoxy groups -OCH3 is 1. The molecule has 0 atom stereocenters. The number of phenols is 1. The Hall–Kier alpha value is -2.46. The number of ether oxygens (including phenoxy) is 2. The van der Waals surface area contributed by atoms with Gasteiger partial charge < -0.3 is 14.6 Å². The molecule has 0 heterocycles. The van der Waals surface area contributed by atoms with Crippen molar-refractivity contribution in [1.29, 1.82) is 0 Å². The second-order valence-corrected chi connectivity index (χ2v) is 5.25. The van der Waals surface area contributed by atoms with Crippen LogP contribution in [0.2, 0.25) is 5.02 Å². The van der Waals surface area contributed by atoms with Crippen LogP contribution in [0.4, 0.5) is 0 Å². The Morgan fingerprint density at radius 3 is 2.65 bits per heavy atom. The smallest absolute Gasteiger partial charge is 0.330 e. The van der Waals surface area contributed by atoms with Crippen LogP contribution < -0.4 is 4.74 Å². The van der Waals surface area contributed by atoms with E-state index in [1.54, 1.807) is 30.3 Å². The van der Waals surface area contributed by atoms with Gasteiger partial charge in [-0.1, -0.05) is 29.8 Å². The van der Waals surface area contributed by atoms with Crippen LogP contribution in [0.1, 0.15) is 11.1 Å². The molecular weight excluding hydrogens is 316 g/mol. The number of carbonyl (C=O) groups is 1. The van der Waals surface area contributed by atoms with Gasteiger partial charge in [-0.15, -0.1) is 0 Å². The molecule has 2 aromatic carbocycles. The molecule has 0 bridgehead atoms. The van der Waals surface area contributed by atoms with Crippen molar-refractivity contribution in [3.05, 3.63) is 64.7 Å². The monoisotopic (exact) mass is 332 g/mol. The van der Waals surface area contributed by atoms with E-state index in [1.165, 1.54) is 19.3 Å². The van der Waals surface area contributed by atoms with Crippen LogP contribution in [-0.2, 0) is 16.0 Å². The molecule has 0 aromatic heterocycles. The summed E-state index contributed by atoms with van der Waals surface area (Å²) in [7, 11) is 1.47. The summed E-state index contributed by atoms with van der Waals surface area (Å²) in [6, 6.07) is 12.2. The Labute approximate surface area is 139 Å². The molecule has 1 N–H and O–H groups in total. The lowest BCUT2D eigenvalue weighted by molar-refractivity contribution is -0.137. The highest BCUT2D eigenvalue weighted by Crippen LogP contribution is 2.26. The molecule has 120 valence electrons. The fraction of sp³-hybridized carbons (Fsp3) is 0.167. The quantitative estimate of drug-likeness (QED) is 0.644. The molecule has 0 aliphatic heterocycles. The number of rotatable bonds is 6. The van der Waals surface area contributed by atoms with Gasteiger partial charge in [-0.05, 0) is 41.5 Å². The van der Waals surface area contributed by atoms with Crippen molar-refractivity contribution < 1.29 is 19.4 Å². The van der Waals surface area contributed by atoms with Crippen molar-refractivity contribution in [2.24, 2.45) is 0 Å². The van der Waals surface area contributed by atoms with Crippen molar-refractivity contribution in [3.63, 3.8) is 0 Å². The lowest BCUT2D eigenvalue weighted by Gasteiger charge is -2.04. The zero-order chi connectivity index (χ0) is 16.7. The maximum atomic E-state index is 11.7. The number of hydrogen-bond acceptors (Lipinski definition) is 4. The number of phenolic OH excluding ortho intramolecular Hbond substituents is 1. The molecule has 23 heavy (non-hydrogen) atoms. The molecule has 2 aromatic rings. The van der Waals surface area contributed by atoms with E-state index in [2.05, 4.69) is 0 Å². The lowest BCUT2D eigenvalue weighted by Crippen LogP contribution is -2.04. The first-order valence-corrected chi connectivity index (χ1v) is 7.42. The van der Waals surface area contributed by atoms with Crippen LogP contribution in [0.15, 0.2) is 48.5 Å². The first-order valence-electron chi connectivity index (χ1n) is 7.05. The number of halogens is 1. The second-order valence-electron chi connectivity index (χ2n) is 4.81. The number of benzene rings is 2. The number of esters is 1. The topological polar surface area (TPSA) is 55.8 Å². The highest BCUT2D eigenvalue weighted by molar-refractivity contribution is 6.30. The van der Waals surface area contributed by atoms with E-state index < -0.39 is 5.97 Å². The lowest BCUT2D eigenvalue weighted by atomic mass is 10.2. The number of carbonyl (C=O) groups excluding carboxylic acids is 1. The fourth-order valence-corrected chi connectivity index (χ4v) is 2.06. The average molecular weight is 333 g/mol. The Balaban J connectivity index is 1.83. The van der Waals surface area contributed by atoms with Gasteiger partial charge in [0.1, 0.15) is 0 Å². The summed E-state index contributed by atoms with van der Waals surface area (Å²) in [5, 5.41) is 10.2. The fourth-order valence-electron chi connectivity index (χ4n) is 1.93. The van der Waals surface area contributed by atoms with Crippen molar-refractivity contribution in [2.75, 3.05) is 13.7 Å². The minimum Gasteiger partial charge on any atom is -0.504 e. The summed E-state index contributed by atoms with van der Waals surface area (Å²) in [5.74, 6) is -0.0237. The SMILES string of the molecule is COc1cc(/C=C/C(=O)OCCc2ccc(Cl)cc2)ccc1O. The predicted octanol–water partition coefficient (Wildman–Crippen LogP) is 3.85. The van der Waals surface area contributed by atoms with Gasteiger partial charge >= 0.3 is 5.97 Å². The van der Waals surface area contributed by atoms with Gasteiger partial charge in [0, 0.05) is 17.5 Å². The molecule has 0 amide bonds. The standard InChI is InChI=1S/C18H17ClO4/c1-22-17-12-14(4-8-16(17)20)5-9-18(21)23-11-10-13-2-6-15(19)7-3-13/h2-9,12,20H,10-11H2,1H3/b9-5+. The Kier molecular flexibility index (Phi) is 6.06. The molecule has 0 aliphatic rings. The van der Waals surface area contributed by atoms with Gasteiger partial charge in [0.05, 0.1) is 13.7 Å². The minimum absolute atomic E-state index is 0.0511. The molecule has 0 unspecified atom stereocenters. The maximum absolute atomic E-state index is 11.7. The normalized spacial score (nSPS) is 10.7. The molecule has 0 saturated carbocycles. The van der Waals surface area contributed by atoms with Crippen molar-refractivity contribution >= 4 is 23.6 Å². The molecule has 0 fully saturated rings. The summed E-state index contributed by atoms with van der Waals surface area (Å²) in [5.41, 5.74) is 1.78. The summed E-state index contributed by atoms with van der Waals surface area (Å²) in [6.07, 6.45) is 3.57. The van der Waals surface area contributed by atoms with Gasteiger partial charge in [0.15, 0.2) is 11.5 Å². The largest absolute Gasteiger partial charge is 0.504 e. The summed E-state index contributed by atoms with van der Waals surface area (Å²) >= 11 is 5.81. The highest BCUT2D eigenvalue weighted by atomic mass is 35.5. The molecule has 0 aliphatic carbocycles. The first-order chi connectivity index (χ1) is 11.1. The first kappa shape index (κ1) is 16.9. The van der Waals surface area contributed by atoms with E-state index in [0.29, 0.717) is 23.8 Å². The molecular formula is C18H17ClO4. The van der Waals surface area contributed by atoms with Gasteiger partial charge in [-0.2, -0.15) is 0 Å². The van der Waals surface area contributed by atoms with Crippen LogP contribution in [0, 0.1) is 0 Å². The van der Waals surface area contributed by atoms with E-state index in [4.69, 9.17) is 21.1 Å². The van der Waals surface area contributed by atoms with Crippen LogP contribution >= 0.6 is 11.6 Å². The number of aromatic hydroxyl groups is 1. The Morgan fingerprint density at radius 2 is 1.96 bits per heavy atom. The summed E-state index contributed by atoms with van der Waals surface area (Å²) < 4.78 is 10.1. The molecule has 0 saturated heterocycles. The van der Waals surface area contributed by atoms with Crippen LogP contribution in [0.3, 0.4) is 0 Å². The summed E-state index contributed by atoms with van der Waals surface area (Å²) in [6.45, 7) is 0.295. The Morgan fingerprint density at radius 1 is 1.22 bits per heavy atom. The van der Waals surface area contributed by atoms with E-state index in [0.717, 1.165) is 11.1 Å². The third-order valence-electron chi connectivity index (χ3n) is 3.16. The maximum Gasteiger partial charge on any atom is 0.330 e. The van der Waals surface area contributed by atoms with Crippen LogP contribution in [0.25, 0.3) is 6.08 Å². The van der Waals surface area contributed by atoms with Gasteiger partial charge in [-0.25, -0.2) is 4.79 Å². The zero-order valence-corrected chi connectivity index (χ0v) is 13.4. The van der Waals surface area contributed by atoms with Gasteiger partial charge in [0.25, 0.3) is 0 Å². The molecule has 5 heteroatoms. The molecule has 0 spiro atoms. The third kappa shape index (κ3) is 5.34. The van der Waals surface area contributed by atoms with Crippen LogP contribution in [-0.4, -0.2) is 24.8 Å². The third-order valence-corrected chi connectivity index (χ3v) is 3.42. The second kappa shape index (κ2) is 8.25. The molecule has 0 radical (unpaired) electrons. The van der Waals surface area contributed by atoms with Gasteiger partial charge in [0.2, 0.25) is 0 Å². The minimum atomic E-state index is -0.425. The van der Waals surface area contributed by atoms with E-state index in [9.17, 15) is 9.90 Å². The highest BCUT2D eigenvalue weighted by Gasteiger charge is 2.02. The average Bonchev–Trinajstić information content (AvgIpc) is 2.56. The van der Waals surface area contributed by atoms with Crippen molar-refractivity contribution in [1.82, 2.24) is 0 Å². The van der Waals surface area contributed by atoms with E-state index >= 15 is 0 Å². The zero-order valence-electron chi connectivity index (χ0n) is 12.7. The molecule has 4 nitrogen and oxygen atoms in total. The van der Waals surface area contributed by atoms with Crippen LogP contribution in [0.5, 0.6) is 11.5 Å². The van der Waals surface area contributed by atoms with Crippen molar-refractivity contribution in [2.45, 2.75) is 6.42 Å². The van der Waals surface area contributed by atoms with E-state index in [-0.39, 0.29) is 5.75 Å². The van der Waals surface area contributed by atoms with Crippen molar-refractivity contribution in [3.8, 4) is 11.5 Å². The number of hydrogen-bond donors (Lipinski definition) is 1. The van der Waals surface area contributed by atoms with Gasteiger partial charge in [-0.3, -0.25) is 0 Å².